The van der Waals surface area contributed by atoms with Crippen LogP contribution in [0.1, 0.15) is 16.8 Å². The maximum absolute atomic E-state index is 12.0. The van der Waals surface area contributed by atoms with Crippen molar-refractivity contribution < 1.29 is 27.5 Å². The molecule has 0 bridgehead atoms. The van der Waals surface area contributed by atoms with E-state index in [0.717, 1.165) is 4.31 Å². The van der Waals surface area contributed by atoms with E-state index in [4.69, 9.17) is 9.47 Å². The summed E-state index contributed by atoms with van der Waals surface area (Å²) in [4.78, 5) is 23.2. The molecule has 21 heavy (non-hydrogen) atoms. The highest BCUT2D eigenvalue weighted by Gasteiger charge is 2.30. The molecule has 2 rings (SSSR count). The zero-order valence-electron chi connectivity index (χ0n) is 11.6. The number of nitrogens with zero attached hydrogens (tertiary/aromatic N) is 1. The minimum Gasteiger partial charge on any atom is -0.463 e. The Morgan fingerprint density at radius 3 is 2.67 bits per heavy atom. The minimum absolute atomic E-state index is 0.0176. The van der Waals surface area contributed by atoms with Crippen LogP contribution in [0.25, 0.3) is 0 Å². The Hall–Kier alpha value is -1.93. The summed E-state index contributed by atoms with van der Waals surface area (Å²) in [7, 11) is -0.842. The predicted octanol–water partition coefficient (Wildman–Crippen LogP) is 0.409. The van der Waals surface area contributed by atoms with Gasteiger partial charge in [0.1, 0.15) is 0 Å². The lowest BCUT2D eigenvalue weighted by Crippen LogP contribution is -2.24. The lowest BCUT2D eigenvalue weighted by Gasteiger charge is -2.12. The number of esters is 2. The average Bonchev–Trinajstić information content (AvgIpc) is 2.84. The van der Waals surface area contributed by atoms with Crippen LogP contribution in [0, 0.1) is 0 Å². The maximum atomic E-state index is 12.0. The second kappa shape index (κ2) is 5.82. The van der Waals surface area contributed by atoms with Crippen LogP contribution in [0.5, 0.6) is 0 Å². The van der Waals surface area contributed by atoms with Crippen LogP contribution in [0.15, 0.2) is 29.2 Å². The van der Waals surface area contributed by atoms with Crippen LogP contribution < -0.4 is 0 Å². The Labute approximate surface area is 122 Å². The van der Waals surface area contributed by atoms with Crippen molar-refractivity contribution in [1.82, 2.24) is 4.31 Å². The molecule has 0 saturated carbocycles. The van der Waals surface area contributed by atoms with Gasteiger partial charge in [-0.15, -0.1) is 0 Å². The third kappa shape index (κ3) is 3.22. The number of carbonyl (C=O) groups is 2. The van der Waals surface area contributed by atoms with Gasteiger partial charge in [-0.25, -0.2) is 22.3 Å². The third-order valence-corrected chi connectivity index (χ3v) is 4.80. The van der Waals surface area contributed by atoms with Gasteiger partial charge in [0, 0.05) is 20.5 Å². The summed E-state index contributed by atoms with van der Waals surface area (Å²) >= 11 is 0. The number of carbonyl (C=O) groups excluding carboxylic acids is 2. The van der Waals surface area contributed by atoms with Crippen molar-refractivity contribution in [2.75, 3.05) is 20.7 Å². The van der Waals surface area contributed by atoms with E-state index in [2.05, 4.69) is 0 Å². The molecule has 0 N–H and O–H groups in total. The summed E-state index contributed by atoms with van der Waals surface area (Å²) in [6.07, 6.45) is -0.619. The average molecular weight is 313 g/mol. The normalized spacial score (nSPS) is 18.6. The molecule has 8 heteroatoms. The van der Waals surface area contributed by atoms with E-state index in [1.54, 1.807) is 0 Å². The number of rotatable bonds is 4. The molecule has 7 nitrogen and oxygen atoms in total. The van der Waals surface area contributed by atoms with E-state index >= 15 is 0 Å². The molecule has 114 valence electrons. The molecule has 1 aromatic carbocycles. The summed E-state index contributed by atoms with van der Waals surface area (Å²) in [6.45, 7) is 0.214. The highest BCUT2D eigenvalue weighted by molar-refractivity contribution is 7.89. The lowest BCUT2D eigenvalue weighted by molar-refractivity contribution is -0.145. The first-order valence-electron chi connectivity index (χ1n) is 6.22. The van der Waals surface area contributed by atoms with E-state index in [9.17, 15) is 18.0 Å². The predicted molar refractivity (Wildman–Crippen MR) is 72.1 cm³/mol. The van der Waals surface area contributed by atoms with Gasteiger partial charge in [-0.05, 0) is 18.2 Å². The summed E-state index contributed by atoms with van der Waals surface area (Å²) in [6, 6.07) is 5.48. The fraction of sp³-hybridized carbons (Fsp3) is 0.385. The topological polar surface area (TPSA) is 90.0 Å². The molecule has 1 heterocycles. The Balaban J connectivity index is 2.21. The molecule has 1 aromatic rings. The van der Waals surface area contributed by atoms with Crippen molar-refractivity contribution in [3.8, 4) is 0 Å². The SMILES string of the molecule is CN(C)S(=O)(=O)c1cccc(C(=O)O[C@H]2CCOC2=O)c1. The molecule has 1 aliphatic rings. The zero-order valence-corrected chi connectivity index (χ0v) is 12.4. The number of hydrogen-bond donors (Lipinski definition) is 0. The smallest absolute Gasteiger partial charge is 0.347 e. The van der Waals surface area contributed by atoms with Gasteiger partial charge in [-0.2, -0.15) is 0 Å². The van der Waals surface area contributed by atoms with Crippen molar-refractivity contribution in [3.63, 3.8) is 0 Å². The van der Waals surface area contributed by atoms with Gasteiger partial charge >= 0.3 is 11.9 Å². The van der Waals surface area contributed by atoms with Crippen LogP contribution in [0.2, 0.25) is 0 Å². The van der Waals surface area contributed by atoms with E-state index in [0.29, 0.717) is 6.42 Å². The first kappa shape index (κ1) is 15.5. The molecule has 0 spiro atoms. The Morgan fingerprint density at radius 1 is 1.38 bits per heavy atom. The van der Waals surface area contributed by atoms with E-state index in [-0.39, 0.29) is 17.1 Å². The first-order chi connectivity index (χ1) is 9.82. The molecule has 0 amide bonds. The molecular formula is C13H15NO6S. The van der Waals surface area contributed by atoms with Crippen molar-refractivity contribution in [1.29, 1.82) is 0 Å². The summed E-state index contributed by atoms with van der Waals surface area (Å²) in [5.41, 5.74) is 0.0672. The standard InChI is InChI=1S/C13H15NO6S/c1-14(2)21(17,18)10-5-3-4-9(8-10)12(15)20-11-6-7-19-13(11)16/h3-5,8,11H,6-7H2,1-2H3/t11-/m0/s1. The van der Waals surface area contributed by atoms with E-state index in [1.807, 2.05) is 0 Å². The molecule has 1 fully saturated rings. The third-order valence-electron chi connectivity index (χ3n) is 2.98. The highest BCUT2D eigenvalue weighted by Crippen LogP contribution is 2.17. The van der Waals surface area contributed by atoms with Gasteiger partial charge in [0.2, 0.25) is 16.1 Å². The quantitative estimate of drug-likeness (QED) is 0.748. The number of ether oxygens (including phenoxy) is 2. The van der Waals surface area contributed by atoms with Crippen molar-refractivity contribution in [2.45, 2.75) is 17.4 Å². The van der Waals surface area contributed by atoms with Gasteiger partial charge < -0.3 is 9.47 Å². The molecule has 1 saturated heterocycles. The second-order valence-corrected chi connectivity index (χ2v) is 6.82. The van der Waals surface area contributed by atoms with E-state index in [1.165, 1.54) is 38.4 Å². The molecule has 1 atom stereocenters. The van der Waals surface area contributed by atoms with Crippen molar-refractivity contribution in [2.24, 2.45) is 0 Å². The van der Waals surface area contributed by atoms with Crippen LogP contribution in [0.3, 0.4) is 0 Å². The molecule has 1 aliphatic heterocycles. The van der Waals surface area contributed by atoms with Gasteiger partial charge in [0.15, 0.2) is 0 Å². The van der Waals surface area contributed by atoms with Crippen molar-refractivity contribution >= 4 is 22.0 Å². The number of hydrogen-bond acceptors (Lipinski definition) is 6. The highest BCUT2D eigenvalue weighted by atomic mass is 32.2. The van der Waals surface area contributed by atoms with Crippen LogP contribution >= 0.6 is 0 Å². The molecule has 0 unspecified atom stereocenters. The molecule has 0 aliphatic carbocycles. The number of cyclic esters (lactones) is 1. The van der Waals surface area contributed by atoms with Gasteiger partial charge in [0.05, 0.1) is 17.1 Å². The Bertz CT molecular complexity index is 667. The van der Waals surface area contributed by atoms with Gasteiger partial charge in [0.25, 0.3) is 0 Å². The maximum Gasteiger partial charge on any atom is 0.347 e. The van der Waals surface area contributed by atoms with Gasteiger partial charge in [-0.1, -0.05) is 6.07 Å². The van der Waals surface area contributed by atoms with Gasteiger partial charge in [-0.3, -0.25) is 0 Å². The Kier molecular flexibility index (Phi) is 4.29. The van der Waals surface area contributed by atoms with Crippen LogP contribution in [-0.2, 0) is 24.3 Å². The second-order valence-electron chi connectivity index (χ2n) is 4.67. The first-order valence-corrected chi connectivity index (χ1v) is 7.66. The fourth-order valence-corrected chi connectivity index (χ4v) is 2.72. The molecule has 0 radical (unpaired) electrons. The van der Waals surface area contributed by atoms with Crippen LogP contribution in [0.4, 0.5) is 0 Å². The molecule has 0 aromatic heterocycles. The number of sulfonamides is 1. The monoisotopic (exact) mass is 313 g/mol. The van der Waals surface area contributed by atoms with Crippen molar-refractivity contribution in [3.05, 3.63) is 29.8 Å². The minimum atomic E-state index is -3.64. The van der Waals surface area contributed by atoms with Crippen LogP contribution in [-0.4, -0.2) is 51.5 Å². The summed E-state index contributed by atoms with van der Waals surface area (Å²) in [5, 5.41) is 0. The van der Waals surface area contributed by atoms with E-state index < -0.39 is 28.1 Å². The Morgan fingerprint density at radius 2 is 2.10 bits per heavy atom. The molecular weight excluding hydrogens is 298 g/mol. The summed E-state index contributed by atoms with van der Waals surface area (Å²) < 4.78 is 34.8. The fourth-order valence-electron chi connectivity index (χ4n) is 1.78. The summed E-state index contributed by atoms with van der Waals surface area (Å²) in [5.74, 6) is -1.34. The number of benzene rings is 1. The lowest BCUT2D eigenvalue weighted by atomic mass is 10.2. The zero-order chi connectivity index (χ0) is 15.6. The largest absolute Gasteiger partial charge is 0.463 e.